The molecular formula is C19H25ClN2. The van der Waals surface area contributed by atoms with Gasteiger partial charge in [-0.1, -0.05) is 42.0 Å². The Morgan fingerprint density at radius 2 is 1.73 bits per heavy atom. The first-order valence-corrected chi connectivity index (χ1v) is 9.02. The van der Waals surface area contributed by atoms with Crippen LogP contribution in [0.25, 0.3) is 0 Å². The van der Waals surface area contributed by atoms with Gasteiger partial charge in [0.25, 0.3) is 0 Å². The van der Waals surface area contributed by atoms with E-state index in [4.69, 9.17) is 11.6 Å². The summed E-state index contributed by atoms with van der Waals surface area (Å²) in [6.07, 6.45) is 7.79. The molecule has 0 aromatic heterocycles. The van der Waals surface area contributed by atoms with Crippen LogP contribution in [-0.2, 0) is 6.54 Å². The number of halogens is 1. The number of benzene rings is 1. The van der Waals surface area contributed by atoms with E-state index in [9.17, 15) is 0 Å². The summed E-state index contributed by atoms with van der Waals surface area (Å²) in [5.41, 5.74) is 1.26. The highest BCUT2D eigenvalue weighted by molar-refractivity contribution is 6.31. The van der Waals surface area contributed by atoms with Gasteiger partial charge in [-0.3, -0.25) is 4.90 Å². The van der Waals surface area contributed by atoms with E-state index >= 15 is 0 Å². The largest absolute Gasteiger partial charge is 0.300 e. The number of rotatable bonds is 4. The van der Waals surface area contributed by atoms with Crippen LogP contribution in [-0.4, -0.2) is 42.5 Å². The molecule has 0 spiro atoms. The number of piperazine rings is 1. The maximum Gasteiger partial charge on any atom is 0.0451 e. The molecule has 1 heterocycles. The Labute approximate surface area is 138 Å². The van der Waals surface area contributed by atoms with Crippen LogP contribution in [0.4, 0.5) is 0 Å². The number of hydrogen-bond acceptors (Lipinski definition) is 2. The van der Waals surface area contributed by atoms with Crippen LogP contribution < -0.4 is 0 Å². The summed E-state index contributed by atoms with van der Waals surface area (Å²) in [7, 11) is 0. The van der Waals surface area contributed by atoms with Crippen LogP contribution in [0.5, 0.6) is 0 Å². The smallest absolute Gasteiger partial charge is 0.0451 e. The maximum atomic E-state index is 6.28. The number of hydrogen-bond donors (Lipinski definition) is 0. The standard InChI is InChI=1S/C19H25ClN2/c20-19-4-2-1-3-17(19)13-21-7-9-22(10-8-21)14-18-12-15-5-6-16(18)11-15/h1-6,15-16,18H,7-14H2. The lowest BCUT2D eigenvalue weighted by Gasteiger charge is -2.37. The third-order valence-electron chi connectivity index (χ3n) is 5.73. The van der Waals surface area contributed by atoms with Crippen molar-refractivity contribution in [3.8, 4) is 0 Å². The highest BCUT2D eigenvalue weighted by Crippen LogP contribution is 2.43. The quantitative estimate of drug-likeness (QED) is 0.782. The van der Waals surface area contributed by atoms with Crippen LogP contribution >= 0.6 is 11.6 Å². The van der Waals surface area contributed by atoms with Gasteiger partial charge in [0.1, 0.15) is 0 Å². The molecule has 0 N–H and O–H groups in total. The minimum Gasteiger partial charge on any atom is -0.300 e. The average molecular weight is 317 g/mol. The lowest BCUT2D eigenvalue weighted by atomic mass is 9.93. The van der Waals surface area contributed by atoms with Crippen LogP contribution in [0, 0.1) is 17.8 Å². The summed E-state index contributed by atoms with van der Waals surface area (Å²) in [4.78, 5) is 5.22. The van der Waals surface area contributed by atoms with Crippen LogP contribution in [0.3, 0.4) is 0 Å². The third kappa shape index (κ3) is 3.10. The molecule has 0 radical (unpaired) electrons. The topological polar surface area (TPSA) is 6.48 Å². The van der Waals surface area contributed by atoms with Crippen molar-refractivity contribution in [2.75, 3.05) is 32.7 Å². The van der Waals surface area contributed by atoms with Crippen molar-refractivity contribution in [3.05, 3.63) is 47.0 Å². The average Bonchev–Trinajstić information content (AvgIpc) is 3.14. The van der Waals surface area contributed by atoms with Gasteiger partial charge in [0.15, 0.2) is 0 Å². The van der Waals surface area contributed by atoms with Crippen molar-refractivity contribution in [2.45, 2.75) is 19.4 Å². The zero-order chi connectivity index (χ0) is 14.9. The second-order valence-corrected chi connectivity index (χ2v) is 7.62. The summed E-state index contributed by atoms with van der Waals surface area (Å²) in [6.45, 7) is 7.06. The van der Waals surface area contributed by atoms with E-state index in [2.05, 4.69) is 34.1 Å². The molecule has 118 valence electrons. The molecule has 2 nitrogen and oxygen atoms in total. The molecule has 3 atom stereocenters. The van der Waals surface area contributed by atoms with Gasteiger partial charge in [0, 0.05) is 44.3 Å². The third-order valence-corrected chi connectivity index (χ3v) is 6.09. The molecular weight excluding hydrogens is 292 g/mol. The van der Waals surface area contributed by atoms with E-state index in [1.54, 1.807) is 0 Å². The highest BCUT2D eigenvalue weighted by atomic mass is 35.5. The van der Waals surface area contributed by atoms with Crippen LogP contribution in [0.2, 0.25) is 5.02 Å². The summed E-state index contributed by atoms with van der Waals surface area (Å²) in [5.74, 6) is 2.70. The molecule has 1 saturated carbocycles. The molecule has 3 unspecified atom stereocenters. The van der Waals surface area contributed by atoms with Gasteiger partial charge in [-0.25, -0.2) is 0 Å². The molecule has 1 aromatic carbocycles. The first-order valence-electron chi connectivity index (χ1n) is 8.64. The Morgan fingerprint density at radius 3 is 2.41 bits per heavy atom. The van der Waals surface area contributed by atoms with Gasteiger partial charge < -0.3 is 4.90 Å². The lowest BCUT2D eigenvalue weighted by molar-refractivity contribution is 0.108. The van der Waals surface area contributed by atoms with E-state index in [1.165, 1.54) is 51.1 Å². The molecule has 2 aliphatic carbocycles. The number of fused-ring (bicyclic) bond motifs is 2. The fourth-order valence-electron chi connectivity index (χ4n) is 4.43. The van der Waals surface area contributed by atoms with Crippen molar-refractivity contribution < 1.29 is 0 Å². The second kappa shape index (κ2) is 6.35. The number of allylic oxidation sites excluding steroid dienone is 2. The molecule has 1 aliphatic heterocycles. The normalized spacial score (nSPS) is 32.0. The second-order valence-electron chi connectivity index (χ2n) is 7.21. The van der Waals surface area contributed by atoms with E-state index in [0.29, 0.717) is 0 Å². The van der Waals surface area contributed by atoms with Crippen LogP contribution in [0.15, 0.2) is 36.4 Å². The maximum absolute atomic E-state index is 6.28. The van der Waals surface area contributed by atoms with Crippen molar-refractivity contribution in [2.24, 2.45) is 17.8 Å². The summed E-state index contributed by atoms with van der Waals surface area (Å²) in [5, 5.41) is 0.902. The minimum atomic E-state index is 0.881. The Morgan fingerprint density at radius 1 is 0.955 bits per heavy atom. The molecule has 3 aliphatic rings. The minimum absolute atomic E-state index is 0.881. The van der Waals surface area contributed by atoms with E-state index in [1.807, 2.05) is 12.1 Å². The number of nitrogens with zero attached hydrogens (tertiary/aromatic N) is 2. The van der Waals surface area contributed by atoms with Gasteiger partial charge in [0.2, 0.25) is 0 Å². The van der Waals surface area contributed by atoms with E-state index in [-0.39, 0.29) is 0 Å². The van der Waals surface area contributed by atoms with Crippen LogP contribution in [0.1, 0.15) is 18.4 Å². The van der Waals surface area contributed by atoms with Gasteiger partial charge in [-0.05, 0) is 42.2 Å². The monoisotopic (exact) mass is 316 g/mol. The Hall–Kier alpha value is -0.830. The van der Waals surface area contributed by atoms with Crippen molar-refractivity contribution in [3.63, 3.8) is 0 Å². The van der Waals surface area contributed by atoms with Gasteiger partial charge >= 0.3 is 0 Å². The van der Waals surface area contributed by atoms with Gasteiger partial charge in [-0.15, -0.1) is 0 Å². The summed E-state index contributed by atoms with van der Waals surface area (Å²) >= 11 is 6.28. The van der Waals surface area contributed by atoms with E-state index < -0.39 is 0 Å². The molecule has 0 amide bonds. The first kappa shape index (κ1) is 14.7. The molecule has 4 rings (SSSR count). The zero-order valence-electron chi connectivity index (χ0n) is 13.1. The predicted molar refractivity (Wildman–Crippen MR) is 92.0 cm³/mol. The zero-order valence-corrected chi connectivity index (χ0v) is 13.9. The lowest BCUT2D eigenvalue weighted by Crippen LogP contribution is -2.47. The predicted octanol–water partition coefficient (Wildman–Crippen LogP) is 3.67. The first-order chi connectivity index (χ1) is 10.8. The van der Waals surface area contributed by atoms with Crippen molar-refractivity contribution in [1.82, 2.24) is 9.80 Å². The highest BCUT2D eigenvalue weighted by Gasteiger charge is 2.36. The Balaban J connectivity index is 1.26. The molecule has 1 aromatic rings. The van der Waals surface area contributed by atoms with Gasteiger partial charge in [-0.2, -0.15) is 0 Å². The molecule has 2 bridgehead atoms. The fourth-order valence-corrected chi connectivity index (χ4v) is 4.63. The molecule has 2 fully saturated rings. The SMILES string of the molecule is Clc1ccccc1CN1CCN(CC2CC3C=CC2C3)CC1. The molecule has 3 heteroatoms. The van der Waals surface area contributed by atoms with Crippen molar-refractivity contribution >= 4 is 11.6 Å². The Bertz CT molecular complexity index is 548. The Kier molecular flexibility index (Phi) is 4.25. The van der Waals surface area contributed by atoms with E-state index in [0.717, 1.165) is 29.3 Å². The molecule has 1 saturated heterocycles. The molecule has 22 heavy (non-hydrogen) atoms. The summed E-state index contributed by atoms with van der Waals surface area (Å²) in [6, 6.07) is 8.24. The fraction of sp³-hybridized carbons (Fsp3) is 0.579. The summed E-state index contributed by atoms with van der Waals surface area (Å²) < 4.78 is 0. The van der Waals surface area contributed by atoms with Gasteiger partial charge in [0.05, 0.1) is 0 Å². The van der Waals surface area contributed by atoms with Crippen molar-refractivity contribution in [1.29, 1.82) is 0 Å².